The van der Waals surface area contributed by atoms with E-state index in [1.54, 1.807) is 36.3 Å². The van der Waals surface area contributed by atoms with E-state index in [2.05, 4.69) is 15.5 Å². The van der Waals surface area contributed by atoms with Crippen molar-refractivity contribution in [2.45, 2.75) is 19.1 Å². The van der Waals surface area contributed by atoms with E-state index in [9.17, 15) is 9.90 Å². The molecular weight excluding hydrogens is 304 g/mol. The molecule has 0 aliphatic rings. The lowest BCUT2D eigenvalue weighted by atomic mass is 10.0. The highest BCUT2D eigenvalue weighted by molar-refractivity contribution is 5.94. The van der Waals surface area contributed by atoms with Crippen molar-refractivity contribution < 1.29 is 9.90 Å². The zero-order chi connectivity index (χ0) is 16.9. The first kappa shape index (κ1) is 15.9. The van der Waals surface area contributed by atoms with Crippen LogP contribution in [0.2, 0.25) is 0 Å². The number of nitrogens with one attached hydrogen (secondary N) is 1. The van der Waals surface area contributed by atoms with Crippen molar-refractivity contribution in [2.24, 2.45) is 0 Å². The van der Waals surface area contributed by atoms with E-state index in [4.69, 9.17) is 0 Å². The number of hydrogen-bond donors (Lipinski definition) is 2. The number of carbonyl (C=O) groups excluding carboxylic acids is 1. The van der Waals surface area contributed by atoms with Crippen LogP contribution in [0, 0.1) is 0 Å². The van der Waals surface area contributed by atoms with E-state index < -0.39 is 12.1 Å². The van der Waals surface area contributed by atoms with Crippen LogP contribution in [0.5, 0.6) is 0 Å². The molecule has 0 aliphatic carbocycles. The largest absolute Gasteiger partial charge is 0.386 e. The fourth-order valence-corrected chi connectivity index (χ4v) is 2.43. The van der Waals surface area contributed by atoms with Crippen molar-refractivity contribution in [3.05, 3.63) is 78.4 Å². The van der Waals surface area contributed by atoms with Crippen LogP contribution in [0.4, 0.5) is 0 Å². The van der Waals surface area contributed by atoms with Gasteiger partial charge in [0.15, 0.2) is 0 Å². The Balaban J connectivity index is 1.66. The molecule has 122 valence electrons. The molecule has 6 nitrogen and oxygen atoms in total. The van der Waals surface area contributed by atoms with E-state index in [1.165, 1.54) is 0 Å². The molecule has 2 atom stereocenters. The summed E-state index contributed by atoms with van der Waals surface area (Å²) in [6.07, 6.45) is 2.42. The quantitative estimate of drug-likeness (QED) is 0.754. The second-order valence-corrected chi connectivity index (χ2v) is 5.53. The Labute approximate surface area is 139 Å². The maximum atomic E-state index is 12.3. The summed E-state index contributed by atoms with van der Waals surface area (Å²) in [7, 11) is 0. The number of amides is 1. The van der Waals surface area contributed by atoms with E-state index >= 15 is 0 Å². The lowest BCUT2D eigenvalue weighted by molar-refractivity contribution is 0.0852. The van der Waals surface area contributed by atoms with Gasteiger partial charge in [-0.1, -0.05) is 30.3 Å². The third kappa shape index (κ3) is 3.49. The molecule has 6 heteroatoms. The summed E-state index contributed by atoms with van der Waals surface area (Å²) in [5.74, 6) is -0.229. The molecule has 1 heterocycles. The predicted octanol–water partition coefficient (Wildman–Crippen LogP) is 2.12. The summed E-state index contributed by atoms with van der Waals surface area (Å²) in [5.41, 5.74) is 2.17. The van der Waals surface area contributed by atoms with Gasteiger partial charge in [-0.15, -0.1) is 10.2 Å². The summed E-state index contributed by atoms with van der Waals surface area (Å²) < 4.78 is 1.75. The monoisotopic (exact) mass is 322 g/mol. The van der Waals surface area contributed by atoms with Gasteiger partial charge in [-0.25, -0.2) is 0 Å². The molecule has 0 saturated carbocycles. The molecule has 0 spiro atoms. The summed E-state index contributed by atoms with van der Waals surface area (Å²) in [6.45, 7) is 1.78. The Morgan fingerprint density at radius 2 is 1.67 bits per heavy atom. The minimum absolute atomic E-state index is 0.229. The second-order valence-electron chi connectivity index (χ2n) is 5.53. The number of rotatable bonds is 5. The lowest BCUT2D eigenvalue weighted by Crippen LogP contribution is -2.37. The standard InChI is InChI=1S/C18H18N4O2/c1-13(17(23)14-5-3-2-4-6-14)21-18(24)15-7-9-16(10-8-15)22-11-19-20-12-22/h2-13,17,23H,1H3,(H,21,24)/t13-,17-/m0/s1. The van der Waals surface area contributed by atoms with Crippen LogP contribution in [0.3, 0.4) is 0 Å². The molecule has 3 rings (SSSR count). The molecule has 2 aromatic carbocycles. The second kappa shape index (κ2) is 7.06. The normalized spacial score (nSPS) is 13.2. The Morgan fingerprint density at radius 3 is 2.29 bits per heavy atom. The maximum Gasteiger partial charge on any atom is 0.251 e. The molecule has 0 saturated heterocycles. The van der Waals surface area contributed by atoms with Gasteiger partial charge in [0.05, 0.1) is 12.1 Å². The first-order chi connectivity index (χ1) is 11.6. The number of hydrogen-bond acceptors (Lipinski definition) is 4. The van der Waals surface area contributed by atoms with Gasteiger partial charge in [0, 0.05) is 11.3 Å². The van der Waals surface area contributed by atoms with Crippen molar-refractivity contribution >= 4 is 5.91 Å². The number of aliphatic hydroxyl groups excluding tert-OH is 1. The molecule has 3 aromatic rings. The van der Waals surface area contributed by atoms with Gasteiger partial charge in [0.2, 0.25) is 0 Å². The smallest absolute Gasteiger partial charge is 0.251 e. The summed E-state index contributed by atoms with van der Waals surface area (Å²) in [6, 6.07) is 16.0. The minimum atomic E-state index is -0.758. The Morgan fingerprint density at radius 1 is 1.04 bits per heavy atom. The van der Waals surface area contributed by atoms with E-state index in [-0.39, 0.29) is 5.91 Å². The third-order valence-corrected chi connectivity index (χ3v) is 3.82. The molecule has 0 bridgehead atoms. The number of nitrogens with zero attached hydrogens (tertiary/aromatic N) is 3. The summed E-state index contributed by atoms with van der Waals surface area (Å²) in [5, 5.41) is 20.6. The predicted molar refractivity (Wildman–Crippen MR) is 89.7 cm³/mol. The topological polar surface area (TPSA) is 80.0 Å². The number of carbonyl (C=O) groups is 1. The van der Waals surface area contributed by atoms with Crippen LogP contribution in [-0.4, -0.2) is 31.8 Å². The Kier molecular flexibility index (Phi) is 4.67. The third-order valence-electron chi connectivity index (χ3n) is 3.82. The van der Waals surface area contributed by atoms with Crippen molar-refractivity contribution in [3.63, 3.8) is 0 Å². The number of benzene rings is 2. The highest BCUT2D eigenvalue weighted by atomic mass is 16.3. The van der Waals surface area contributed by atoms with Crippen LogP contribution in [-0.2, 0) is 0 Å². The first-order valence-corrected chi connectivity index (χ1v) is 7.64. The van der Waals surface area contributed by atoms with Gasteiger partial charge in [-0.05, 0) is 36.8 Å². The summed E-state index contributed by atoms with van der Waals surface area (Å²) >= 11 is 0. The summed E-state index contributed by atoms with van der Waals surface area (Å²) in [4.78, 5) is 12.3. The molecule has 0 aliphatic heterocycles. The molecule has 24 heavy (non-hydrogen) atoms. The van der Waals surface area contributed by atoms with Crippen LogP contribution in [0.1, 0.15) is 28.9 Å². The van der Waals surface area contributed by atoms with Crippen molar-refractivity contribution in [3.8, 4) is 5.69 Å². The fraction of sp³-hybridized carbons (Fsp3) is 0.167. The minimum Gasteiger partial charge on any atom is -0.386 e. The first-order valence-electron chi connectivity index (χ1n) is 7.64. The zero-order valence-corrected chi connectivity index (χ0v) is 13.2. The Bertz CT molecular complexity index is 786. The molecular formula is C18H18N4O2. The molecule has 1 amide bonds. The molecule has 0 radical (unpaired) electrons. The molecule has 0 fully saturated rings. The van der Waals surface area contributed by atoms with Gasteiger partial charge in [0.1, 0.15) is 12.7 Å². The van der Waals surface area contributed by atoms with Gasteiger partial charge < -0.3 is 10.4 Å². The van der Waals surface area contributed by atoms with Gasteiger partial charge >= 0.3 is 0 Å². The fourth-order valence-electron chi connectivity index (χ4n) is 2.43. The van der Waals surface area contributed by atoms with Gasteiger partial charge in [0.25, 0.3) is 5.91 Å². The maximum absolute atomic E-state index is 12.3. The van der Waals surface area contributed by atoms with Gasteiger partial charge in [-0.2, -0.15) is 0 Å². The van der Waals surface area contributed by atoms with Crippen molar-refractivity contribution in [1.82, 2.24) is 20.1 Å². The van der Waals surface area contributed by atoms with Crippen molar-refractivity contribution in [1.29, 1.82) is 0 Å². The number of aliphatic hydroxyl groups is 1. The molecule has 1 aromatic heterocycles. The van der Waals surface area contributed by atoms with Gasteiger partial charge in [-0.3, -0.25) is 9.36 Å². The van der Waals surface area contributed by atoms with Crippen LogP contribution < -0.4 is 5.32 Å². The highest BCUT2D eigenvalue weighted by Crippen LogP contribution is 2.17. The SMILES string of the molecule is C[C@H](NC(=O)c1ccc(-n2cnnc2)cc1)[C@H](O)c1ccccc1. The molecule has 0 unspecified atom stereocenters. The van der Waals surface area contributed by atoms with Crippen LogP contribution >= 0.6 is 0 Å². The lowest BCUT2D eigenvalue weighted by Gasteiger charge is -2.20. The average Bonchev–Trinajstić information content (AvgIpc) is 3.16. The van der Waals surface area contributed by atoms with Crippen LogP contribution in [0.25, 0.3) is 5.69 Å². The van der Waals surface area contributed by atoms with E-state index in [0.717, 1.165) is 11.3 Å². The number of aromatic nitrogens is 3. The van der Waals surface area contributed by atoms with Crippen LogP contribution in [0.15, 0.2) is 67.3 Å². The average molecular weight is 322 g/mol. The molecule has 2 N–H and O–H groups in total. The van der Waals surface area contributed by atoms with E-state index in [1.807, 2.05) is 42.5 Å². The zero-order valence-electron chi connectivity index (χ0n) is 13.2. The highest BCUT2D eigenvalue weighted by Gasteiger charge is 2.18. The van der Waals surface area contributed by atoms with E-state index in [0.29, 0.717) is 5.56 Å². The Hall–Kier alpha value is -2.99. The van der Waals surface area contributed by atoms with Crippen molar-refractivity contribution in [2.75, 3.05) is 0 Å².